The molecule has 1 aliphatic heterocycles. The largest absolute Gasteiger partial charge is 0.488 e. The summed E-state index contributed by atoms with van der Waals surface area (Å²) in [5, 5.41) is 12.8. The molecule has 1 aliphatic rings. The van der Waals surface area contributed by atoms with E-state index in [1.807, 2.05) is 36.4 Å². The molecule has 166 valence electrons. The maximum Gasteiger partial charge on any atom is 0.335 e. The molecule has 4 rings (SSSR count). The smallest absolute Gasteiger partial charge is 0.335 e. The second-order valence-electron chi connectivity index (χ2n) is 6.90. The number of carbonyl (C=O) groups is 2. The van der Waals surface area contributed by atoms with E-state index in [-0.39, 0.29) is 18.1 Å². The summed E-state index contributed by atoms with van der Waals surface area (Å²) in [7, 11) is 0. The van der Waals surface area contributed by atoms with Crippen molar-refractivity contribution in [3.63, 3.8) is 0 Å². The number of thioether (sulfide) groups is 1. The molecule has 6 nitrogen and oxygen atoms in total. The van der Waals surface area contributed by atoms with Crippen molar-refractivity contribution in [1.29, 1.82) is 0 Å². The first-order valence-electron chi connectivity index (χ1n) is 9.68. The third-order valence-electron chi connectivity index (χ3n) is 4.57. The average molecular weight is 544 g/mol. The van der Waals surface area contributed by atoms with Gasteiger partial charge in [0.05, 0.1) is 16.2 Å². The summed E-state index contributed by atoms with van der Waals surface area (Å²) in [6.07, 6.45) is 1.73. The molecule has 1 saturated heterocycles. The van der Waals surface area contributed by atoms with Crippen LogP contribution in [0.2, 0.25) is 5.02 Å². The van der Waals surface area contributed by atoms with Crippen molar-refractivity contribution in [3.8, 4) is 5.75 Å². The van der Waals surface area contributed by atoms with Gasteiger partial charge >= 0.3 is 5.97 Å². The van der Waals surface area contributed by atoms with Crippen LogP contribution in [0.1, 0.15) is 21.5 Å². The second-order valence-corrected chi connectivity index (χ2v) is 9.25. The van der Waals surface area contributed by atoms with E-state index in [2.05, 4.69) is 26.2 Å². The molecular weight excluding hydrogens is 528 g/mol. The van der Waals surface area contributed by atoms with Crippen LogP contribution in [0, 0.1) is 0 Å². The Morgan fingerprint density at radius 3 is 2.76 bits per heavy atom. The zero-order valence-corrected chi connectivity index (χ0v) is 20.1. The Morgan fingerprint density at radius 1 is 1.15 bits per heavy atom. The molecule has 3 aromatic rings. The number of amides is 1. The van der Waals surface area contributed by atoms with Gasteiger partial charge in [0, 0.05) is 20.6 Å². The molecule has 0 spiro atoms. The van der Waals surface area contributed by atoms with Crippen molar-refractivity contribution in [1.82, 2.24) is 5.32 Å². The summed E-state index contributed by atoms with van der Waals surface area (Å²) in [6.45, 7) is 0.281. The van der Waals surface area contributed by atoms with Crippen molar-refractivity contribution < 1.29 is 19.4 Å². The number of benzene rings is 3. The number of hydrogen-bond donors (Lipinski definition) is 2. The van der Waals surface area contributed by atoms with Gasteiger partial charge in [-0.1, -0.05) is 51.8 Å². The lowest BCUT2D eigenvalue weighted by Gasteiger charge is -2.11. The highest BCUT2D eigenvalue weighted by atomic mass is 79.9. The SMILES string of the molecule is O=C1NC(=Nc2cccc(C(=O)O)c2)SC1=Cc1cc(Br)ccc1OCc1ccccc1Cl. The fourth-order valence-corrected chi connectivity index (χ4v) is 4.38. The number of aliphatic imine (C=N–C) groups is 1. The lowest BCUT2D eigenvalue weighted by atomic mass is 10.2. The van der Waals surface area contributed by atoms with Crippen LogP contribution in [-0.4, -0.2) is 22.2 Å². The number of nitrogens with zero attached hydrogens (tertiary/aromatic N) is 1. The minimum Gasteiger partial charge on any atom is -0.488 e. The van der Waals surface area contributed by atoms with E-state index >= 15 is 0 Å². The van der Waals surface area contributed by atoms with E-state index in [4.69, 9.17) is 21.4 Å². The number of ether oxygens (including phenoxy) is 1. The van der Waals surface area contributed by atoms with E-state index in [9.17, 15) is 9.59 Å². The highest BCUT2D eigenvalue weighted by molar-refractivity contribution is 9.10. The van der Waals surface area contributed by atoms with Crippen LogP contribution in [0.5, 0.6) is 5.75 Å². The number of carboxylic acids is 1. The van der Waals surface area contributed by atoms with Crippen molar-refractivity contribution in [2.75, 3.05) is 0 Å². The Hall–Kier alpha value is -3.07. The van der Waals surface area contributed by atoms with Crippen molar-refractivity contribution in [3.05, 3.63) is 97.8 Å². The quantitative estimate of drug-likeness (QED) is 0.358. The van der Waals surface area contributed by atoms with Crippen LogP contribution < -0.4 is 10.1 Å². The predicted molar refractivity (Wildman–Crippen MR) is 134 cm³/mol. The first-order valence-corrected chi connectivity index (χ1v) is 11.7. The van der Waals surface area contributed by atoms with Crippen LogP contribution in [0.25, 0.3) is 6.08 Å². The number of carboxylic acid groups (broad SMARTS) is 1. The summed E-state index contributed by atoms with van der Waals surface area (Å²) in [5.74, 6) is -0.747. The van der Waals surface area contributed by atoms with E-state index in [1.165, 1.54) is 23.9 Å². The van der Waals surface area contributed by atoms with E-state index < -0.39 is 5.97 Å². The van der Waals surface area contributed by atoms with Crippen LogP contribution in [-0.2, 0) is 11.4 Å². The lowest BCUT2D eigenvalue weighted by Crippen LogP contribution is -2.19. The summed E-state index contributed by atoms with van der Waals surface area (Å²) < 4.78 is 6.82. The van der Waals surface area contributed by atoms with Gasteiger partial charge in [-0.2, -0.15) is 0 Å². The van der Waals surface area contributed by atoms with Gasteiger partial charge in [0.1, 0.15) is 12.4 Å². The van der Waals surface area contributed by atoms with E-state index in [0.717, 1.165) is 10.0 Å². The van der Waals surface area contributed by atoms with Gasteiger partial charge in [-0.05, 0) is 60.3 Å². The van der Waals surface area contributed by atoms with Crippen molar-refractivity contribution in [2.45, 2.75) is 6.61 Å². The predicted octanol–water partition coefficient (Wildman–Crippen LogP) is 6.27. The molecule has 1 amide bonds. The molecule has 0 bridgehead atoms. The maximum absolute atomic E-state index is 12.5. The van der Waals surface area contributed by atoms with Gasteiger partial charge in [0.15, 0.2) is 5.17 Å². The monoisotopic (exact) mass is 542 g/mol. The fraction of sp³-hybridized carbons (Fsp3) is 0.0417. The minimum atomic E-state index is -1.04. The Balaban J connectivity index is 1.57. The first-order chi connectivity index (χ1) is 15.9. The third-order valence-corrected chi connectivity index (χ3v) is 6.35. The Kier molecular flexibility index (Phi) is 7.17. The number of aromatic carboxylic acids is 1. The van der Waals surface area contributed by atoms with Gasteiger partial charge in [-0.15, -0.1) is 0 Å². The van der Waals surface area contributed by atoms with Crippen molar-refractivity contribution >= 4 is 68.1 Å². The first kappa shape index (κ1) is 23.1. The number of halogens is 2. The van der Waals surface area contributed by atoms with Gasteiger partial charge in [-0.25, -0.2) is 9.79 Å². The number of nitrogens with one attached hydrogen (secondary N) is 1. The van der Waals surface area contributed by atoms with Gasteiger partial charge in [0.25, 0.3) is 5.91 Å². The molecule has 0 aromatic heterocycles. The number of rotatable bonds is 6. The van der Waals surface area contributed by atoms with Crippen LogP contribution in [0.4, 0.5) is 5.69 Å². The Bertz CT molecular complexity index is 1310. The summed E-state index contributed by atoms with van der Waals surface area (Å²) >= 11 is 10.8. The van der Waals surface area contributed by atoms with Gasteiger partial charge in [-0.3, -0.25) is 4.79 Å². The fourth-order valence-electron chi connectivity index (χ4n) is 2.98. The highest BCUT2D eigenvalue weighted by Crippen LogP contribution is 2.32. The molecule has 9 heteroatoms. The van der Waals surface area contributed by atoms with Crippen molar-refractivity contribution in [2.24, 2.45) is 4.99 Å². The molecule has 2 N–H and O–H groups in total. The third kappa shape index (κ3) is 5.84. The molecule has 1 fully saturated rings. The average Bonchev–Trinajstić information content (AvgIpc) is 3.12. The zero-order valence-electron chi connectivity index (χ0n) is 16.9. The van der Waals surface area contributed by atoms with E-state index in [1.54, 1.807) is 24.3 Å². The summed E-state index contributed by atoms with van der Waals surface area (Å²) in [5.41, 5.74) is 2.12. The summed E-state index contributed by atoms with van der Waals surface area (Å²) in [6, 6.07) is 19.2. The molecular formula is C24H16BrClN2O4S. The lowest BCUT2D eigenvalue weighted by molar-refractivity contribution is -0.115. The minimum absolute atomic E-state index is 0.122. The van der Waals surface area contributed by atoms with Gasteiger partial charge < -0.3 is 15.2 Å². The number of hydrogen-bond acceptors (Lipinski definition) is 5. The molecule has 0 saturated carbocycles. The standard InChI is InChI=1S/C24H16BrClN2O4S/c25-17-8-9-20(32-13-15-4-1-2-7-19(15)26)16(10-17)12-21-22(29)28-24(33-21)27-18-6-3-5-14(11-18)23(30)31/h1-12H,13H2,(H,30,31)(H,27,28,29). The maximum atomic E-state index is 12.5. The zero-order chi connectivity index (χ0) is 23.4. The molecule has 3 aromatic carbocycles. The Morgan fingerprint density at radius 2 is 1.97 bits per heavy atom. The highest BCUT2D eigenvalue weighted by Gasteiger charge is 2.24. The van der Waals surface area contributed by atoms with Crippen LogP contribution in [0.15, 0.2) is 81.1 Å². The summed E-state index contributed by atoms with van der Waals surface area (Å²) in [4.78, 5) is 28.5. The molecule has 0 radical (unpaired) electrons. The molecule has 0 aliphatic carbocycles. The van der Waals surface area contributed by atoms with Crippen LogP contribution in [0.3, 0.4) is 0 Å². The number of carbonyl (C=O) groups excluding carboxylic acids is 1. The topological polar surface area (TPSA) is 88.0 Å². The molecule has 33 heavy (non-hydrogen) atoms. The second kappa shape index (κ2) is 10.2. The Labute approximate surface area is 207 Å². The van der Waals surface area contributed by atoms with E-state index in [0.29, 0.717) is 32.1 Å². The normalized spacial score (nSPS) is 15.6. The van der Waals surface area contributed by atoms with Crippen LogP contribution >= 0.6 is 39.3 Å². The van der Waals surface area contributed by atoms with Gasteiger partial charge in [0.2, 0.25) is 0 Å². The molecule has 1 heterocycles. The number of amidine groups is 1. The molecule has 0 atom stereocenters. The molecule has 0 unspecified atom stereocenters.